The van der Waals surface area contributed by atoms with E-state index >= 15 is 0 Å². The average Bonchev–Trinajstić information content (AvgIpc) is 3.21. The number of fused-ring (bicyclic) bond motifs is 2. The Morgan fingerprint density at radius 3 is 2.44 bits per heavy atom. The van der Waals surface area contributed by atoms with Gasteiger partial charge >= 0.3 is 0 Å². The number of hydrogen-bond donors (Lipinski definition) is 2. The third-order valence-corrected chi connectivity index (χ3v) is 8.33. The average molecular weight is 437 g/mol. The maximum Gasteiger partial charge on any atom is 0.257 e. The predicted molar refractivity (Wildman–Crippen MR) is 131 cm³/mol. The number of benzene rings is 1. The highest BCUT2D eigenvalue weighted by molar-refractivity contribution is 5.76. The molecule has 0 amide bonds. The molecule has 3 saturated carbocycles. The Morgan fingerprint density at radius 2 is 1.78 bits per heavy atom. The molecule has 1 aromatic heterocycles. The lowest BCUT2D eigenvalue weighted by Gasteiger charge is -2.49. The van der Waals surface area contributed by atoms with E-state index < -0.39 is 0 Å². The maximum atomic E-state index is 5.48. The first-order valence-corrected chi connectivity index (χ1v) is 13.0. The number of hydrogen-bond acceptors (Lipinski definition) is 5. The van der Waals surface area contributed by atoms with Crippen LogP contribution in [0.3, 0.4) is 0 Å². The van der Waals surface area contributed by atoms with Gasteiger partial charge in [0.1, 0.15) is 0 Å². The molecule has 0 aliphatic heterocycles. The predicted octanol–water partition coefficient (Wildman–Crippen LogP) is 7.20. The SMILES string of the molecule is CCC1(Nc2ccc(-c3nc(C)no3)cc2NC2CCCCC2)CC2CC(C)CC(C2)C1. The second kappa shape index (κ2) is 9.07. The van der Waals surface area contributed by atoms with E-state index in [9.17, 15) is 0 Å². The highest BCUT2D eigenvalue weighted by atomic mass is 16.5. The van der Waals surface area contributed by atoms with Crippen LogP contribution in [0.1, 0.15) is 90.3 Å². The quantitative estimate of drug-likeness (QED) is 0.501. The molecule has 0 saturated heterocycles. The molecular formula is C27H40N4O. The van der Waals surface area contributed by atoms with Crippen molar-refractivity contribution >= 4 is 11.4 Å². The summed E-state index contributed by atoms with van der Waals surface area (Å²) in [6, 6.07) is 7.15. The monoisotopic (exact) mass is 436 g/mol. The lowest BCUT2D eigenvalue weighted by atomic mass is 9.61. The van der Waals surface area contributed by atoms with Crippen molar-refractivity contribution in [3.63, 3.8) is 0 Å². The lowest BCUT2D eigenvalue weighted by Crippen LogP contribution is -2.47. The minimum Gasteiger partial charge on any atom is -0.381 e. The van der Waals surface area contributed by atoms with Crippen LogP contribution in [0.4, 0.5) is 11.4 Å². The number of aryl methyl sites for hydroxylation is 1. The fourth-order valence-electron chi connectivity index (χ4n) is 6.97. The van der Waals surface area contributed by atoms with E-state index in [0.717, 1.165) is 23.3 Å². The van der Waals surface area contributed by atoms with E-state index in [0.29, 0.717) is 17.8 Å². The smallest absolute Gasteiger partial charge is 0.257 e. The summed E-state index contributed by atoms with van der Waals surface area (Å²) in [4.78, 5) is 4.46. The molecule has 3 fully saturated rings. The van der Waals surface area contributed by atoms with E-state index in [1.807, 2.05) is 6.92 Å². The number of rotatable bonds is 6. The van der Waals surface area contributed by atoms with Crippen molar-refractivity contribution in [1.82, 2.24) is 10.1 Å². The molecule has 5 nitrogen and oxygen atoms in total. The first kappa shape index (κ1) is 21.8. The zero-order valence-electron chi connectivity index (χ0n) is 20.1. The third kappa shape index (κ3) is 4.67. The molecule has 1 aromatic carbocycles. The van der Waals surface area contributed by atoms with Crippen molar-refractivity contribution in [1.29, 1.82) is 0 Å². The van der Waals surface area contributed by atoms with Gasteiger partial charge in [-0.15, -0.1) is 0 Å². The van der Waals surface area contributed by atoms with Gasteiger partial charge in [0.05, 0.1) is 11.4 Å². The summed E-state index contributed by atoms with van der Waals surface area (Å²) in [5.74, 6) is 3.93. The topological polar surface area (TPSA) is 63.0 Å². The van der Waals surface area contributed by atoms with Crippen LogP contribution in [-0.2, 0) is 0 Å². The second-order valence-corrected chi connectivity index (χ2v) is 11.1. The minimum absolute atomic E-state index is 0.208. The Morgan fingerprint density at radius 1 is 1.03 bits per heavy atom. The van der Waals surface area contributed by atoms with Crippen molar-refractivity contribution < 1.29 is 4.52 Å². The number of aromatic nitrogens is 2. The molecule has 3 aliphatic rings. The Bertz CT molecular complexity index is 898. The molecule has 0 radical (unpaired) electrons. The third-order valence-electron chi connectivity index (χ3n) is 8.33. The van der Waals surface area contributed by atoms with Gasteiger partial charge < -0.3 is 15.2 Å². The Balaban J connectivity index is 1.43. The van der Waals surface area contributed by atoms with Crippen LogP contribution >= 0.6 is 0 Å². The zero-order chi connectivity index (χ0) is 22.1. The summed E-state index contributed by atoms with van der Waals surface area (Å²) in [7, 11) is 0. The number of nitrogens with zero attached hydrogens (tertiary/aromatic N) is 2. The molecule has 2 bridgehead atoms. The Labute approximate surface area is 193 Å². The van der Waals surface area contributed by atoms with Crippen molar-refractivity contribution in [2.45, 2.75) is 103 Å². The summed E-state index contributed by atoms with van der Waals surface area (Å²) >= 11 is 0. The molecule has 1 heterocycles. The molecule has 3 aliphatic carbocycles. The summed E-state index contributed by atoms with van der Waals surface area (Å²) in [5, 5.41) is 12.0. The van der Waals surface area contributed by atoms with Gasteiger partial charge in [0.15, 0.2) is 5.82 Å². The molecule has 174 valence electrons. The first-order valence-electron chi connectivity index (χ1n) is 13.0. The summed E-state index contributed by atoms with van der Waals surface area (Å²) < 4.78 is 5.48. The normalized spacial score (nSPS) is 30.8. The van der Waals surface area contributed by atoms with Crippen molar-refractivity contribution in [2.75, 3.05) is 10.6 Å². The van der Waals surface area contributed by atoms with Crippen LogP contribution in [0, 0.1) is 24.7 Å². The van der Waals surface area contributed by atoms with Gasteiger partial charge in [-0.1, -0.05) is 38.3 Å². The fraction of sp³-hybridized carbons (Fsp3) is 0.704. The van der Waals surface area contributed by atoms with Gasteiger partial charge in [-0.3, -0.25) is 0 Å². The van der Waals surface area contributed by atoms with Gasteiger partial charge in [-0.25, -0.2) is 0 Å². The van der Waals surface area contributed by atoms with Crippen LogP contribution in [0.15, 0.2) is 22.7 Å². The van der Waals surface area contributed by atoms with Crippen LogP contribution in [-0.4, -0.2) is 21.7 Å². The standard InChI is InChI=1S/C27H40N4O/c1-4-27(16-20-12-18(2)13-21(14-20)17-27)30-24-11-10-22(26-28-19(3)31-32-26)15-25(24)29-23-8-6-5-7-9-23/h10-11,15,18,20-21,23,29-30H,4-9,12-14,16-17H2,1-3H3. The van der Waals surface area contributed by atoms with Gasteiger partial charge in [0.2, 0.25) is 0 Å². The fourth-order valence-corrected chi connectivity index (χ4v) is 6.97. The molecule has 5 rings (SSSR count). The minimum atomic E-state index is 0.208. The van der Waals surface area contributed by atoms with Crippen molar-refractivity contribution in [3.05, 3.63) is 24.0 Å². The van der Waals surface area contributed by atoms with E-state index in [4.69, 9.17) is 4.52 Å². The second-order valence-electron chi connectivity index (χ2n) is 11.1. The lowest BCUT2D eigenvalue weighted by molar-refractivity contribution is 0.0928. The Kier molecular flexibility index (Phi) is 6.18. The highest BCUT2D eigenvalue weighted by Gasteiger charge is 2.43. The zero-order valence-corrected chi connectivity index (χ0v) is 20.1. The summed E-state index contributed by atoms with van der Waals surface area (Å²) in [5.41, 5.74) is 3.64. The summed E-state index contributed by atoms with van der Waals surface area (Å²) in [6.07, 6.45) is 14.6. The maximum absolute atomic E-state index is 5.48. The largest absolute Gasteiger partial charge is 0.381 e. The molecule has 2 aromatic rings. The molecule has 0 spiro atoms. The molecule has 5 heteroatoms. The van der Waals surface area contributed by atoms with Gasteiger partial charge in [-0.2, -0.15) is 4.98 Å². The molecule has 32 heavy (non-hydrogen) atoms. The number of anilines is 2. The van der Waals surface area contributed by atoms with Crippen LogP contribution in [0.2, 0.25) is 0 Å². The van der Waals surface area contributed by atoms with Crippen LogP contribution in [0.25, 0.3) is 11.5 Å². The van der Waals surface area contributed by atoms with Crippen LogP contribution in [0.5, 0.6) is 0 Å². The van der Waals surface area contributed by atoms with E-state index in [-0.39, 0.29) is 5.54 Å². The molecular weight excluding hydrogens is 396 g/mol. The van der Waals surface area contributed by atoms with Crippen molar-refractivity contribution in [3.8, 4) is 11.5 Å². The van der Waals surface area contributed by atoms with Gasteiger partial charge in [0.25, 0.3) is 5.89 Å². The van der Waals surface area contributed by atoms with Crippen LogP contribution < -0.4 is 10.6 Å². The Hall–Kier alpha value is -2.04. The van der Waals surface area contributed by atoms with Gasteiger partial charge in [0, 0.05) is 17.1 Å². The molecule has 2 unspecified atom stereocenters. The first-order chi connectivity index (χ1) is 15.5. The molecule has 2 N–H and O–H groups in total. The van der Waals surface area contributed by atoms with E-state index in [1.165, 1.54) is 82.0 Å². The van der Waals surface area contributed by atoms with E-state index in [1.54, 1.807) is 0 Å². The highest BCUT2D eigenvalue weighted by Crippen LogP contribution is 2.49. The number of nitrogens with one attached hydrogen (secondary N) is 2. The molecule has 2 atom stereocenters. The summed E-state index contributed by atoms with van der Waals surface area (Å²) in [6.45, 7) is 6.70. The van der Waals surface area contributed by atoms with Gasteiger partial charge in [-0.05, 0) is 94.2 Å². The van der Waals surface area contributed by atoms with E-state index in [2.05, 4.69) is 52.8 Å². The van der Waals surface area contributed by atoms with Crippen molar-refractivity contribution in [2.24, 2.45) is 17.8 Å².